The molecule has 0 spiro atoms. The fourth-order valence-electron chi connectivity index (χ4n) is 1.75. The van der Waals surface area contributed by atoms with Crippen LogP contribution in [0.25, 0.3) is 6.08 Å². The van der Waals surface area contributed by atoms with Crippen LogP contribution in [0, 0.1) is 32.1 Å². The van der Waals surface area contributed by atoms with Crippen LogP contribution in [0.4, 0.5) is 0 Å². The maximum absolute atomic E-state index is 12.3. The lowest BCUT2D eigenvalue weighted by Gasteiger charge is -2.01. The van der Waals surface area contributed by atoms with Crippen LogP contribution in [0.5, 0.6) is 0 Å². The predicted octanol–water partition coefficient (Wildman–Crippen LogP) is 3.12. The highest BCUT2D eigenvalue weighted by Crippen LogP contribution is 2.19. The molecule has 0 aliphatic carbocycles. The maximum atomic E-state index is 12.3. The zero-order valence-electron chi connectivity index (χ0n) is 11.0. The topological polar surface area (TPSA) is 58.7 Å². The number of hydrogen-bond donors (Lipinski definition) is 0. The van der Waals surface area contributed by atoms with Gasteiger partial charge in [0.25, 0.3) is 5.91 Å². The van der Waals surface area contributed by atoms with Crippen LogP contribution in [0.1, 0.15) is 26.6 Å². The molecule has 0 aromatic carbocycles. The Hall–Kier alpha value is -2.19. The molecule has 0 saturated carbocycles. The quantitative estimate of drug-likeness (QED) is 0.623. The van der Waals surface area contributed by atoms with Gasteiger partial charge >= 0.3 is 0 Å². The van der Waals surface area contributed by atoms with Crippen molar-refractivity contribution in [3.05, 3.63) is 44.9 Å². The zero-order valence-corrected chi connectivity index (χ0v) is 11.8. The van der Waals surface area contributed by atoms with Gasteiger partial charge in [0.15, 0.2) is 0 Å². The number of carbonyl (C=O) groups is 1. The lowest BCUT2D eigenvalue weighted by Crippen LogP contribution is -2.15. The number of allylic oxidation sites excluding steroid dienone is 1. The van der Waals surface area contributed by atoms with Crippen molar-refractivity contribution >= 4 is 23.3 Å². The number of aromatic nitrogens is 2. The second kappa shape index (κ2) is 5.21. The zero-order chi connectivity index (χ0) is 14.0. The molecule has 0 aliphatic heterocycles. The molecule has 2 heterocycles. The van der Waals surface area contributed by atoms with Crippen LogP contribution < -0.4 is 0 Å². The number of nitrogens with zero attached hydrogens (tertiary/aromatic N) is 3. The summed E-state index contributed by atoms with van der Waals surface area (Å²) in [5.74, 6) is -0.388. The summed E-state index contributed by atoms with van der Waals surface area (Å²) in [7, 11) is 0. The second-order valence-electron chi connectivity index (χ2n) is 4.28. The van der Waals surface area contributed by atoms with Crippen LogP contribution in [-0.4, -0.2) is 15.7 Å². The van der Waals surface area contributed by atoms with Crippen molar-refractivity contribution in [1.82, 2.24) is 9.78 Å². The van der Waals surface area contributed by atoms with E-state index < -0.39 is 0 Å². The normalized spacial score (nSPS) is 11.4. The first kappa shape index (κ1) is 13.2. The first-order valence-electron chi connectivity index (χ1n) is 5.77. The number of rotatable bonds is 2. The van der Waals surface area contributed by atoms with Crippen molar-refractivity contribution in [1.29, 1.82) is 5.26 Å². The molecule has 0 atom stereocenters. The Kier molecular flexibility index (Phi) is 3.63. The van der Waals surface area contributed by atoms with Crippen molar-refractivity contribution in [2.24, 2.45) is 0 Å². The summed E-state index contributed by atoms with van der Waals surface area (Å²) in [4.78, 5) is 13.2. The van der Waals surface area contributed by atoms with Gasteiger partial charge in [-0.1, -0.05) is 0 Å². The third kappa shape index (κ3) is 2.64. The van der Waals surface area contributed by atoms with E-state index in [1.807, 2.05) is 37.4 Å². The maximum Gasteiger partial charge on any atom is 0.289 e. The summed E-state index contributed by atoms with van der Waals surface area (Å²) in [5.41, 5.74) is 2.64. The van der Waals surface area contributed by atoms with Crippen LogP contribution in [-0.2, 0) is 0 Å². The Balaban J connectivity index is 2.41. The molecule has 0 fully saturated rings. The molecular weight excluding hydrogens is 258 g/mol. The average molecular weight is 271 g/mol. The summed E-state index contributed by atoms with van der Waals surface area (Å²) < 4.78 is 1.27. The molecule has 96 valence electrons. The van der Waals surface area contributed by atoms with E-state index in [0.29, 0.717) is 0 Å². The minimum absolute atomic E-state index is 0.0942. The van der Waals surface area contributed by atoms with Crippen molar-refractivity contribution in [3.63, 3.8) is 0 Å². The Labute approximate surface area is 115 Å². The summed E-state index contributed by atoms with van der Waals surface area (Å²) in [6.45, 7) is 5.56. The third-order valence-corrected chi connectivity index (χ3v) is 3.70. The molecule has 2 aromatic heterocycles. The van der Waals surface area contributed by atoms with Crippen molar-refractivity contribution in [3.8, 4) is 6.07 Å². The molecule has 0 N–H and O–H groups in total. The summed E-state index contributed by atoms with van der Waals surface area (Å²) in [5, 5.41) is 15.2. The molecule has 2 aromatic rings. The van der Waals surface area contributed by atoms with Gasteiger partial charge in [0.1, 0.15) is 11.6 Å². The molecule has 0 amide bonds. The SMILES string of the molecule is Cc1cc(C)n(C(=O)/C(C#N)=C/c2sccc2C)n1. The van der Waals surface area contributed by atoms with Crippen LogP contribution in [0.15, 0.2) is 23.1 Å². The summed E-state index contributed by atoms with van der Waals surface area (Å²) in [6, 6.07) is 5.73. The van der Waals surface area contributed by atoms with E-state index in [-0.39, 0.29) is 11.5 Å². The highest BCUT2D eigenvalue weighted by Gasteiger charge is 2.16. The molecule has 0 saturated heterocycles. The average Bonchev–Trinajstić information content (AvgIpc) is 2.91. The third-order valence-electron chi connectivity index (χ3n) is 2.73. The van der Waals surface area contributed by atoms with Gasteiger partial charge in [0.2, 0.25) is 0 Å². The van der Waals surface area contributed by atoms with Crippen molar-refractivity contribution < 1.29 is 4.79 Å². The van der Waals surface area contributed by atoms with E-state index in [0.717, 1.165) is 21.8 Å². The Morgan fingerprint density at radius 1 is 1.47 bits per heavy atom. The first-order valence-corrected chi connectivity index (χ1v) is 6.64. The Morgan fingerprint density at radius 2 is 2.21 bits per heavy atom. The molecule has 4 nitrogen and oxygen atoms in total. The smallest absolute Gasteiger partial charge is 0.266 e. The van der Waals surface area contributed by atoms with Gasteiger partial charge in [0, 0.05) is 10.6 Å². The standard InChI is InChI=1S/C14H13N3OS/c1-9-4-5-19-13(9)7-12(8-15)14(18)17-11(3)6-10(2)16-17/h4-7H,1-3H3/b12-7+. The van der Waals surface area contributed by atoms with Gasteiger partial charge in [-0.2, -0.15) is 10.4 Å². The fourth-order valence-corrected chi connectivity index (χ4v) is 2.61. The van der Waals surface area contributed by atoms with Crippen LogP contribution in [0.2, 0.25) is 0 Å². The molecule has 0 aliphatic rings. The Morgan fingerprint density at radius 3 is 2.68 bits per heavy atom. The molecule has 2 rings (SSSR count). The predicted molar refractivity (Wildman–Crippen MR) is 75.0 cm³/mol. The number of carbonyl (C=O) groups excluding carboxylic acids is 1. The van der Waals surface area contributed by atoms with E-state index in [4.69, 9.17) is 5.26 Å². The number of nitriles is 1. The second-order valence-corrected chi connectivity index (χ2v) is 5.23. The highest BCUT2D eigenvalue weighted by atomic mass is 32.1. The molecule has 19 heavy (non-hydrogen) atoms. The molecule has 5 heteroatoms. The monoisotopic (exact) mass is 271 g/mol. The Bertz CT molecular complexity index is 701. The number of hydrogen-bond acceptors (Lipinski definition) is 4. The van der Waals surface area contributed by atoms with Gasteiger partial charge in [-0.25, -0.2) is 4.68 Å². The van der Waals surface area contributed by atoms with Crippen molar-refractivity contribution in [2.75, 3.05) is 0 Å². The van der Waals surface area contributed by atoms with Crippen LogP contribution in [0.3, 0.4) is 0 Å². The summed E-state index contributed by atoms with van der Waals surface area (Å²) in [6.07, 6.45) is 1.62. The van der Waals surface area contributed by atoms with E-state index in [1.165, 1.54) is 16.0 Å². The fraction of sp³-hybridized carbons (Fsp3) is 0.214. The minimum atomic E-state index is -0.388. The van der Waals surface area contributed by atoms with Crippen LogP contribution >= 0.6 is 11.3 Å². The number of aryl methyl sites for hydroxylation is 3. The minimum Gasteiger partial charge on any atom is -0.266 e. The largest absolute Gasteiger partial charge is 0.289 e. The molecular formula is C14H13N3OS. The van der Waals surface area contributed by atoms with E-state index >= 15 is 0 Å². The molecule has 0 radical (unpaired) electrons. The number of thiophene rings is 1. The van der Waals surface area contributed by atoms with E-state index in [2.05, 4.69) is 5.10 Å². The van der Waals surface area contributed by atoms with Gasteiger partial charge in [-0.3, -0.25) is 4.79 Å². The van der Waals surface area contributed by atoms with Gasteiger partial charge in [-0.15, -0.1) is 11.3 Å². The van der Waals surface area contributed by atoms with E-state index in [9.17, 15) is 4.79 Å². The van der Waals surface area contributed by atoms with Gasteiger partial charge in [0.05, 0.1) is 5.69 Å². The first-order chi connectivity index (χ1) is 9.02. The lowest BCUT2D eigenvalue weighted by atomic mass is 10.2. The highest BCUT2D eigenvalue weighted by molar-refractivity contribution is 7.11. The van der Waals surface area contributed by atoms with Gasteiger partial charge in [-0.05, 0) is 49.9 Å². The van der Waals surface area contributed by atoms with Crippen molar-refractivity contribution in [2.45, 2.75) is 20.8 Å². The molecule has 0 unspecified atom stereocenters. The summed E-state index contributed by atoms with van der Waals surface area (Å²) >= 11 is 1.51. The molecule has 0 bridgehead atoms. The van der Waals surface area contributed by atoms with E-state index in [1.54, 1.807) is 13.0 Å². The van der Waals surface area contributed by atoms with Gasteiger partial charge < -0.3 is 0 Å². The lowest BCUT2D eigenvalue weighted by molar-refractivity contribution is 0.0944.